The molecule has 0 aromatic carbocycles. The lowest BCUT2D eigenvalue weighted by molar-refractivity contribution is 0.251. The third-order valence-electron chi connectivity index (χ3n) is 2.52. The molecule has 1 aliphatic carbocycles. The van der Waals surface area contributed by atoms with Crippen LogP contribution < -0.4 is 5.73 Å². The predicted molar refractivity (Wildman–Crippen MR) is 44.5 cm³/mol. The molecule has 0 amide bonds. The van der Waals surface area contributed by atoms with Crippen LogP contribution in [0, 0.1) is 0 Å². The summed E-state index contributed by atoms with van der Waals surface area (Å²) in [5, 5.41) is 9.03. The van der Waals surface area contributed by atoms with Gasteiger partial charge in [-0.25, -0.2) is 0 Å². The van der Waals surface area contributed by atoms with Crippen LogP contribution in [-0.2, 0) is 5.41 Å². The molecule has 11 heavy (non-hydrogen) atoms. The van der Waals surface area contributed by atoms with Crippen molar-refractivity contribution < 1.29 is 0 Å². The minimum Gasteiger partial charge on any atom is -0.329 e. The first kappa shape index (κ1) is 7.18. The number of nitrogens with zero attached hydrogens (tertiary/aromatic N) is 2. The second kappa shape index (κ2) is 2.53. The van der Waals surface area contributed by atoms with Crippen molar-refractivity contribution >= 4 is 11.3 Å². The van der Waals surface area contributed by atoms with E-state index in [1.165, 1.54) is 19.3 Å². The van der Waals surface area contributed by atoms with Crippen LogP contribution in [0.25, 0.3) is 0 Å². The number of rotatable bonds is 2. The van der Waals surface area contributed by atoms with Gasteiger partial charge in [0, 0.05) is 12.0 Å². The van der Waals surface area contributed by atoms with Gasteiger partial charge in [0.25, 0.3) is 0 Å². The molecule has 0 atom stereocenters. The Bertz CT molecular complexity index is 222. The van der Waals surface area contributed by atoms with E-state index in [1.54, 1.807) is 16.8 Å². The van der Waals surface area contributed by atoms with E-state index < -0.39 is 0 Å². The molecule has 0 radical (unpaired) electrons. The van der Waals surface area contributed by atoms with Gasteiger partial charge in [-0.2, -0.15) is 0 Å². The van der Waals surface area contributed by atoms with Crippen LogP contribution in [0.5, 0.6) is 0 Å². The Morgan fingerprint density at radius 2 is 2.45 bits per heavy atom. The van der Waals surface area contributed by atoms with E-state index >= 15 is 0 Å². The van der Waals surface area contributed by atoms with E-state index in [0.717, 1.165) is 11.6 Å². The molecule has 60 valence electrons. The zero-order chi connectivity index (χ0) is 7.73. The zero-order valence-electron chi connectivity index (χ0n) is 6.29. The fourth-order valence-electron chi connectivity index (χ4n) is 1.51. The summed E-state index contributed by atoms with van der Waals surface area (Å²) in [6, 6.07) is 0. The van der Waals surface area contributed by atoms with Crippen molar-refractivity contribution in [1.82, 2.24) is 10.2 Å². The van der Waals surface area contributed by atoms with Crippen molar-refractivity contribution in [3.05, 3.63) is 10.5 Å². The van der Waals surface area contributed by atoms with Crippen molar-refractivity contribution in [1.29, 1.82) is 0 Å². The molecule has 1 heterocycles. The topological polar surface area (TPSA) is 51.8 Å². The summed E-state index contributed by atoms with van der Waals surface area (Å²) in [5.74, 6) is 0. The Labute approximate surface area is 69.6 Å². The summed E-state index contributed by atoms with van der Waals surface area (Å²) >= 11 is 1.63. The molecule has 0 unspecified atom stereocenters. The number of hydrogen-bond donors (Lipinski definition) is 1. The van der Waals surface area contributed by atoms with Crippen LogP contribution >= 0.6 is 11.3 Å². The summed E-state index contributed by atoms with van der Waals surface area (Å²) in [6.07, 6.45) is 3.67. The Morgan fingerprint density at radius 3 is 2.82 bits per heavy atom. The van der Waals surface area contributed by atoms with Gasteiger partial charge < -0.3 is 5.73 Å². The highest BCUT2D eigenvalue weighted by atomic mass is 32.1. The third kappa shape index (κ3) is 0.973. The van der Waals surface area contributed by atoms with Gasteiger partial charge in [-0.1, -0.05) is 6.42 Å². The summed E-state index contributed by atoms with van der Waals surface area (Å²) in [7, 11) is 0. The van der Waals surface area contributed by atoms with Gasteiger partial charge in [-0.15, -0.1) is 21.5 Å². The van der Waals surface area contributed by atoms with E-state index in [9.17, 15) is 0 Å². The molecule has 1 aliphatic rings. The molecule has 0 spiro atoms. The van der Waals surface area contributed by atoms with Gasteiger partial charge in [-0.3, -0.25) is 0 Å². The second-order valence-electron chi connectivity index (χ2n) is 3.08. The predicted octanol–water partition coefficient (Wildman–Crippen LogP) is 0.919. The molecule has 0 bridgehead atoms. The summed E-state index contributed by atoms with van der Waals surface area (Å²) < 4.78 is 0. The Balaban J connectivity index is 2.25. The van der Waals surface area contributed by atoms with E-state index in [4.69, 9.17) is 5.73 Å². The van der Waals surface area contributed by atoms with Crippen LogP contribution in [0.4, 0.5) is 0 Å². The third-order valence-corrected chi connectivity index (χ3v) is 3.45. The molecular weight excluding hydrogens is 158 g/mol. The first-order valence-electron chi connectivity index (χ1n) is 3.84. The molecular formula is C7H11N3S. The quantitative estimate of drug-likeness (QED) is 0.716. The molecule has 1 saturated carbocycles. The standard InChI is InChI=1S/C7H11N3S/c8-4-7(2-1-3-7)6-10-9-5-11-6/h5H,1-4,8H2. The highest BCUT2D eigenvalue weighted by Crippen LogP contribution is 2.43. The summed E-state index contributed by atoms with van der Waals surface area (Å²) in [6.45, 7) is 0.724. The highest BCUT2D eigenvalue weighted by Gasteiger charge is 2.39. The van der Waals surface area contributed by atoms with Crippen LogP contribution in [0.3, 0.4) is 0 Å². The lowest BCUT2D eigenvalue weighted by atomic mass is 9.69. The van der Waals surface area contributed by atoms with Gasteiger partial charge in [0.15, 0.2) is 0 Å². The molecule has 1 fully saturated rings. The SMILES string of the molecule is NCC1(c2nncs2)CCC1. The molecule has 0 saturated heterocycles. The molecule has 3 nitrogen and oxygen atoms in total. The van der Waals surface area contributed by atoms with Crippen LogP contribution in [0.15, 0.2) is 5.51 Å². The first-order chi connectivity index (χ1) is 5.37. The maximum absolute atomic E-state index is 5.70. The van der Waals surface area contributed by atoms with Crippen molar-refractivity contribution in [3.8, 4) is 0 Å². The average molecular weight is 169 g/mol. The van der Waals surface area contributed by atoms with E-state index in [-0.39, 0.29) is 5.41 Å². The minimum absolute atomic E-state index is 0.209. The normalized spacial score (nSPS) is 21.2. The highest BCUT2D eigenvalue weighted by molar-refractivity contribution is 7.09. The molecule has 2 N–H and O–H groups in total. The number of hydrogen-bond acceptors (Lipinski definition) is 4. The monoisotopic (exact) mass is 169 g/mol. The van der Waals surface area contributed by atoms with Gasteiger partial charge in [0.2, 0.25) is 0 Å². The van der Waals surface area contributed by atoms with Crippen LogP contribution in [0.2, 0.25) is 0 Å². The largest absolute Gasteiger partial charge is 0.329 e. The summed E-state index contributed by atoms with van der Waals surface area (Å²) in [5.41, 5.74) is 7.69. The van der Waals surface area contributed by atoms with Crippen molar-refractivity contribution in [2.75, 3.05) is 6.54 Å². The molecule has 2 rings (SSSR count). The van der Waals surface area contributed by atoms with Gasteiger partial charge in [-0.05, 0) is 12.8 Å². The zero-order valence-corrected chi connectivity index (χ0v) is 7.10. The molecule has 0 aliphatic heterocycles. The maximum atomic E-state index is 5.70. The van der Waals surface area contributed by atoms with Crippen molar-refractivity contribution in [2.24, 2.45) is 5.73 Å². The van der Waals surface area contributed by atoms with Gasteiger partial charge in [0.1, 0.15) is 10.5 Å². The maximum Gasteiger partial charge on any atom is 0.124 e. The fourth-order valence-corrected chi connectivity index (χ4v) is 2.34. The van der Waals surface area contributed by atoms with E-state index in [2.05, 4.69) is 10.2 Å². The lowest BCUT2D eigenvalue weighted by Crippen LogP contribution is -2.41. The molecule has 1 aromatic rings. The Hall–Kier alpha value is -0.480. The van der Waals surface area contributed by atoms with Crippen LogP contribution in [0.1, 0.15) is 24.3 Å². The number of nitrogens with two attached hydrogens (primary N) is 1. The Kier molecular flexibility index (Phi) is 1.65. The fraction of sp³-hybridized carbons (Fsp3) is 0.714. The average Bonchev–Trinajstić information content (AvgIpc) is 2.39. The Morgan fingerprint density at radius 1 is 1.64 bits per heavy atom. The van der Waals surface area contributed by atoms with Gasteiger partial charge >= 0.3 is 0 Å². The minimum atomic E-state index is 0.209. The molecule has 4 heteroatoms. The lowest BCUT2D eigenvalue weighted by Gasteiger charge is -2.38. The van der Waals surface area contributed by atoms with Gasteiger partial charge in [0.05, 0.1) is 0 Å². The van der Waals surface area contributed by atoms with Crippen molar-refractivity contribution in [2.45, 2.75) is 24.7 Å². The van der Waals surface area contributed by atoms with Crippen LogP contribution in [-0.4, -0.2) is 16.7 Å². The van der Waals surface area contributed by atoms with E-state index in [0.29, 0.717) is 0 Å². The second-order valence-corrected chi connectivity index (χ2v) is 3.92. The molecule has 1 aromatic heterocycles. The number of aromatic nitrogens is 2. The van der Waals surface area contributed by atoms with Crippen molar-refractivity contribution in [3.63, 3.8) is 0 Å². The first-order valence-corrected chi connectivity index (χ1v) is 4.72. The van der Waals surface area contributed by atoms with E-state index in [1.807, 2.05) is 0 Å². The summed E-state index contributed by atoms with van der Waals surface area (Å²) in [4.78, 5) is 0. The smallest absolute Gasteiger partial charge is 0.124 e.